The molecule has 4 rings (SSSR count). The third-order valence-electron chi connectivity index (χ3n) is 4.74. The van der Waals surface area contributed by atoms with Crippen molar-refractivity contribution in [3.8, 4) is 0 Å². The molecule has 3 aromatic rings. The van der Waals surface area contributed by atoms with Crippen LogP contribution in [0.5, 0.6) is 0 Å². The first kappa shape index (κ1) is 21.7. The van der Waals surface area contributed by atoms with Gasteiger partial charge in [0.15, 0.2) is 5.01 Å². The van der Waals surface area contributed by atoms with Gasteiger partial charge in [-0.25, -0.2) is 4.98 Å². The van der Waals surface area contributed by atoms with Crippen LogP contribution < -0.4 is 5.32 Å². The van der Waals surface area contributed by atoms with Gasteiger partial charge < -0.3 is 9.73 Å². The normalized spacial score (nSPS) is 18.7. The topological polar surface area (TPSA) is 90.1 Å². The van der Waals surface area contributed by atoms with Crippen molar-refractivity contribution in [1.29, 1.82) is 0 Å². The maximum atomic E-state index is 12.3. The molecule has 1 aromatic carbocycles. The van der Waals surface area contributed by atoms with Crippen molar-refractivity contribution < 1.29 is 27.1 Å². The molecule has 0 unspecified atom stereocenters. The van der Waals surface area contributed by atoms with Crippen molar-refractivity contribution >= 4 is 44.6 Å². The highest BCUT2D eigenvalue weighted by Gasteiger charge is 2.42. The Morgan fingerprint density at radius 3 is 2.87 bits per heavy atom. The van der Waals surface area contributed by atoms with Crippen LogP contribution in [0.1, 0.15) is 46.8 Å². The van der Waals surface area contributed by atoms with Gasteiger partial charge in [0, 0.05) is 23.1 Å². The second-order valence-corrected chi connectivity index (χ2v) is 8.51. The zero-order chi connectivity index (χ0) is 22.2. The van der Waals surface area contributed by atoms with Gasteiger partial charge in [-0.15, -0.1) is 34.7 Å². The average Bonchev–Trinajstić information content (AvgIpc) is 3.30. The maximum absolute atomic E-state index is 12.3. The molecule has 0 radical (unpaired) electrons. The summed E-state index contributed by atoms with van der Waals surface area (Å²) in [5.74, 6) is -0.135. The lowest BCUT2D eigenvalue weighted by Crippen LogP contribution is -2.34. The Labute approximate surface area is 183 Å². The summed E-state index contributed by atoms with van der Waals surface area (Å²) in [5, 5.41) is 11.4. The minimum absolute atomic E-state index is 0.164. The molecule has 12 heteroatoms. The van der Waals surface area contributed by atoms with E-state index in [4.69, 9.17) is 16.0 Å². The first-order valence-corrected chi connectivity index (χ1v) is 10.5. The highest BCUT2D eigenvalue weighted by atomic mass is 35.5. The molecule has 1 aliphatic carbocycles. The lowest BCUT2D eigenvalue weighted by molar-refractivity contribution is -0.352. The zero-order valence-electron chi connectivity index (χ0n) is 15.9. The number of carbonyl (C=O) groups excluding carboxylic acids is 1. The van der Waals surface area contributed by atoms with Crippen LogP contribution in [0.3, 0.4) is 0 Å². The Kier molecular flexibility index (Phi) is 6.00. The number of benzene rings is 1. The van der Waals surface area contributed by atoms with Gasteiger partial charge in [0.05, 0.1) is 16.3 Å². The number of rotatable bonds is 7. The van der Waals surface area contributed by atoms with Gasteiger partial charge in [0.1, 0.15) is 0 Å². The van der Waals surface area contributed by atoms with Crippen LogP contribution in [0.25, 0.3) is 15.8 Å². The molecule has 2 aromatic heterocycles. The Morgan fingerprint density at radius 2 is 2.13 bits per heavy atom. The molecule has 2 heterocycles. The van der Waals surface area contributed by atoms with Crippen molar-refractivity contribution in [2.75, 3.05) is 6.54 Å². The van der Waals surface area contributed by atoms with Gasteiger partial charge >= 0.3 is 6.36 Å². The first-order chi connectivity index (χ1) is 14.7. The third-order valence-corrected chi connectivity index (χ3v) is 6.00. The number of carbonyl (C=O) groups is 1. The molecule has 0 bridgehead atoms. The number of hydrogen-bond acceptors (Lipinski definition) is 7. The van der Waals surface area contributed by atoms with Crippen LogP contribution >= 0.6 is 22.9 Å². The number of nitrogens with zero attached hydrogens (tertiary/aromatic N) is 3. The van der Waals surface area contributed by atoms with Crippen molar-refractivity contribution in [2.45, 2.75) is 37.6 Å². The highest BCUT2D eigenvalue weighted by molar-refractivity contribution is 7.20. The summed E-state index contributed by atoms with van der Waals surface area (Å²) in [6.45, 7) is 4.15. The SMILES string of the molecule is C=C(CCNC(=O)c1nc2ccc(Cl)cc2s1)c1nnc(C2CC(OC(F)(F)F)C2)o1. The number of hydrogen-bond donors (Lipinski definition) is 1. The fourth-order valence-electron chi connectivity index (χ4n) is 3.10. The fourth-order valence-corrected chi connectivity index (χ4v) is 4.26. The summed E-state index contributed by atoms with van der Waals surface area (Å²) in [4.78, 5) is 16.6. The van der Waals surface area contributed by atoms with Crippen molar-refractivity contribution in [3.05, 3.63) is 46.6 Å². The van der Waals surface area contributed by atoms with Gasteiger partial charge in [-0.3, -0.25) is 9.53 Å². The molecule has 1 saturated carbocycles. The van der Waals surface area contributed by atoms with E-state index in [1.165, 1.54) is 11.3 Å². The van der Waals surface area contributed by atoms with Crippen molar-refractivity contribution in [2.24, 2.45) is 0 Å². The number of aromatic nitrogens is 3. The number of nitrogens with one attached hydrogen (secondary N) is 1. The summed E-state index contributed by atoms with van der Waals surface area (Å²) in [6.07, 6.45) is -4.85. The van der Waals surface area contributed by atoms with Gasteiger partial charge in [-0.2, -0.15) is 0 Å². The standard InChI is InChI=1S/C19H16ClF3N4O3S/c1-9(16-26-27-17(29-16)10-6-12(7-10)30-19(21,22)23)4-5-24-15(28)18-25-13-3-2-11(20)8-14(13)31-18/h2-3,8,10,12H,1,4-7H2,(H,24,28). The van der Waals surface area contributed by atoms with E-state index < -0.39 is 12.5 Å². The number of fused-ring (bicyclic) bond motifs is 1. The summed E-state index contributed by atoms with van der Waals surface area (Å²) in [7, 11) is 0. The quantitative estimate of drug-likeness (QED) is 0.523. The van der Waals surface area contributed by atoms with Crippen LogP contribution in [-0.4, -0.2) is 40.1 Å². The second-order valence-electron chi connectivity index (χ2n) is 7.04. The number of amides is 1. The Bertz CT molecular complexity index is 1120. The Balaban J connectivity index is 1.25. The molecule has 0 atom stereocenters. The molecule has 1 amide bonds. The first-order valence-electron chi connectivity index (χ1n) is 9.28. The highest BCUT2D eigenvalue weighted by Crippen LogP contribution is 2.41. The molecular formula is C19H16ClF3N4O3S. The van der Waals surface area contributed by atoms with E-state index in [0.717, 1.165) is 4.70 Å². The minimum Gasteiger partial charge on any atom is -0.421 e. The fraction of sp³-hybridized carbons (Fsp3) is 0.368. The van der Waals surface area contributed by atoms with E-state index in [-0.39, 0.29) is 43.0 Å². The molecule has 0 aliphatic heterocycles. The average molecular weight is 473 g/mol. The van der Waals surface area contributed by atoms with Crippen molar-refractivity contribution in [3.63, 3.8) is 0 Å². The smallest absolute Gasteiger partial charge is 0.421 e. The number of halogens is 4. The summed E-state index contributed by atoms with van der Waals surface area (Å²) in [6, 6.07) is 5.21. The minimum atomic E-state index is -4.65. The van der Waals surface area contributed by atoms with E-state index >= 15 is 0 Å². The van der Waals surface area contributed by atoms with Crippen LogP contribution in [0.15, 0.2) is 29.2 Å². The Morgan fingerprint density at radius 1 is 1.35 bits per heavy atom. The molecule has 164 valence electrons. The molecule has 0 spiro atoms. The molecule has 31 heavy (non-hydrogen) atoms. The predicted octanol–water partition coefficient (Wildman–Crippen LogP) is 4.95. The molecule has 0 saturated heterocycles. The lowest BCUT2D eigenvalue weighted by atomic mass is 9.82. The van der Waals surface area contributed by atoms with Crippen LogP contribution in [0.4, 0.5) is 13.2 Å². The van der Waals surface area contributed by atoms with Gasteiger partial charge in [-0.05, 0) is 37.5 Å². The summed E-state index contributed by atoms with van der Waals surface area (Å²) < 4.78 is 46.9. The molecule has 7 nitrogen and oxygen atoms in total. The zero-order valence-corrected chi connectivity index (χ0v) is 17.5. The van der Waals surface area contributed by atoms with Crippen LogP contribution in [0.2, 0.25) is 5.02 Å². The van der Waals surface area contributed by atoms with Gasteiger partial charge in [0.25, 0.3) is 5.91 Å². The van der Waals surface area contributed by atoms with E-state index in [1.54, 1.807) is 18.2 Å². The molecule has 1 aliphatic rings. The van der Waals surface area contributed by atoms with Crippen LogP contribution in [0, 0.1) is 0 Å². The summed E-state index contributed by atoms with van der Waals surface area (Å²) in [5.41, 5.74) is 1.21. The van der Waals surface area contributed by atoms with Crippen molar-refractivity contribution in [1.82, 2.24) is 20.5 Å². The maximum Gasteiger partial charge on any atom is 0.522 e. The lowest BCUT2D eigenvalue weighted by Gasteiger charge is -2.32. The Hall–Kier alpha value is -2.50. The summed E-state index contributed by atoms with van der Waals surface area (Å²) >= 11 is 7.19. The monoisotopic (exact) mass is 472 g/mol. The largest absolute Gasteiger partial charge is 0.522 e. The van der Waals surface area contributed by atoms with E-state index in [2.05, 4.69) is 31.8 Å². The predicted molar refractivity (Wildman–Crippen MR) is 108 cm³/mol. The third kappa shape index (κ3) is 5.23. The van der Waals surface area contributed by atoms with Gasteiger partial charge in [-0.1, -0.05) is 18.2 Å². The molecular weight excluding hydrogens is 457 g/mol. The van der Waals surface area contributed by atoms with E-state index in [1.807, 2.05) is 0 Å². The number of thiazole rings is 1. The van der Waals surface area contributed by atoms with E-state index in [9.17, 15) is 18.0 Å². The number of ether oxygens (including phenoxy) is 1. The number of alkyl halides is 3. The van der Waals surface area contributed by atoms with Crippen LogP contribution in [-0.2, 0) is 4.74 Å². The molecule has 1 N–H and O–H groups in total. The second kappa shape index (κ2) is 8.56. The van der Waals surface area contributed by atoms with Gasteiger partial charge in [0.2, 0.25) is 11.8 Å². The molecule has 1 fully saturated rings. The van der Waals surface area contributed by atoms with E-state index in [0.29, 0.717) is 27.5 Å².